The Hall–Kier alpha value is -2.71. The minimum absolute atomic E-state index is 0.243. The first-order valence-corrected chi connectivity index (χ1v) is 14.8. The molecule has 0 atom stereocenters. The third-order valence-electron chi connectivity index (χ3n) is 6.46. The molecule has 3 rings (SSSR count). The van der Waals surface area contributed by atoms with Gasteiger partial charge in [-0.25, -0.2) is 0 Å². The third-order valence-corrected chi connectivity index (χ3v) is 7.72. The molecule has 3 aromatic carbocycles. The molecule has 0 heterocycles. The van der Waals surface area contributed by atoms with Crippen LogP contribution in [-0.4, -0.2) is 0 Å². The van der Waals surface area contributed by atoms with Crippen LogP contribution in [0.5, 0.6) is 17.2 Å². The average Bonchev–Trinajstić information content (AvgIpc) is 2.75. The van der Waals surface area contributed by atoms with E-state index in [1.54, 1.807) is 0 Å². The molecule has 0 amide bonds. The summed E-state index contributed by atoms with van der Waals surface area (Å²) in [6.45, 7) is 25.1. The zero-order valence-corrected chi connectivity index (χ0v) is 26.2. The van der Waals surface area contributed by atoms with E-state index in [-0.39, 0.29) is 16.2 Å². The van der Waals surface area contributed by atoms with Crippen LogP contribution in [0.2, 0.25) is 0 Å². The topological polar surface area (TPSA) is 44.8 Å². The molecule has 0 aromatic heterocycles. The Balaban J connectivity index is 2.21. The summed E-state index contributed by atoms with van der Waals surface area (Å²) < 4.78 is 33.7. The molecule has 4 nitrogen and oxygen atoms in total. The Bertz CT molecular complexity index is 1190. The van der Waals surface area contributed by atoms with Crippen LogP contribution >= 0.6 is 7.82 Å². The predicted molar refractivity (Wildman–Crippen MR) is 159 cm³/mol. The predicted octanol–water partition coefficient (Wildman–Crippen LogP) is 10.1. The normalized spacial score (nSPS) is 12.8. The summed E-state index contributed by atoms with van der Waals surface area (Å²) in [5.74, 6) is 1.46. The summed E-state index contributed by atoms with van der Waals surface area (Å²) in [7, 11) is -4.22. The second-order valence-corrected chi connectivity index (χ2v) is 14.9. The standard InChI is InChI=1S/C33H45O4P/c1-22-13-16-28(25(19-22)31(4,5)6)35-38(34,36-29-17-14-23(2)20-26(29)32(7,8)9)37-30-18-15-24(3)21-27(30)33(10,11)12/h13-21H,1-12H3. The molecule has 0 N–H and O–H groups in total. The molecule has 0 aliphatic carbocycles. The summed E-state index contributed by atoms with van der Waals surface area (Å²) in [5, 5.41) is 0. The van der Waals surface area contributed by atoms with Crippen LogP contribution in [0.3, 0.4) is 0 Å². The lowest BCUT2D eigenvalue weighted by Crippen LogP contribution is -2.19. The van der Waals surface area contributed by atoms with Gasteiger partial charge in [0.2, 0.25) is 0 Å². The highest BCUT2D eigenvalue weighted by molar-refractivity contribution is 7.49. The highest BCUT2D eigenvalue weighted by Gasteiger charge is 2.38. The zero-order chi connectivity index (χ0) is 28.7. The van der Waals surface area contributed by atoms with Crippen molar-refractivity contribution >= 4 is 7.82 Å². The van der Waals surface area contributed by atoms with Crippen LogP contribution in [0, 0.1) is 20.8 Å². The van der Waals surface area contributed by atoms with E-state index in [4.69, 9.17) is 13.6 Å². The van der Waals surface area contributed by atoms with Crippen molar-refractivity contribution in [3.8, 4) is 17.2 Å². The first kappa shape index (κ1) is 29.8. The van der Waals surface area contributed by atoms with Gasteiger partial charge in [-0.15, -0.1) is 0 Å². The Morgan fingerprint density at radius 2 is 0.711 bits per heavy atom. The molecule has 0 saturated carbocycles. The van der Waals surface area contributed by atoms with Gasteiger partial charge < -0.3 is 13.6 Å². The molecule has 38 heavy (non-hydrogen) atoms. The van der Waals surface area contributed by atoms with E-state index >= 15 is 0 Å². The lowest BCUT2D eigenvalue weighted by atomic mass is 9.85. The Labute approximate surface area is 230 Å². The van der Waals surface area contributed by atoms with Crippen molar-refractivity contribution in [1.29, 1.82) is 0 Å². The lowest BCUT2D eigenvalue weighted by Gasteiger charge is -2.29. The van der Waals surface area contributed by atoms with Crippen molar-refractivity contribution in [2.75, 3.05) is 0 Å². The largest absolute Gasteiger partial charge is 0.647 e. The Morgan fingerprint density at radius 3 is 0.921 bits per heavy atom. The number of aryl methyl sites for hydroxylation is 3. The number of benzene rings is 3. The van der Waals surface area contributed by atoms with Crippen molar-refractivity contribution in [2.24, 2.45) is 0 Å². The van der Waals surface area contributed by atoms with Crippen LogP contribution in [0.4, 0.5) is 0 Å². The maximum absolute atomic E-state index is 14.7. The molecule has 3 aromatic rings. The van der Waals surface area contributed by atoms with Gasteiger partial charge in [0.25, 0.3) is 0 Å². The van der Waals surface area contributed by atoms with E-state index in [1.807, 2.05) is 57.2 Å². The van der Waals surface area contributed by atoms with Crippen LogP contribution in [0.15, 0.2) is 54.6 Å². The highest BCUT2D eigenvalue weighted by Crippen LogP contribution is 2.54. The molecule has 5 heteroatoms. The van der Waals surface area contributed by atoms with E-state index < -0.39 is 7.82 Å². The smallest absolute Gasteiger partial charge is 0.386 e. The molecule has 0 aliphatic rings. The maximum atomic E-state index is 14.7. The van der Waals surface area contributed by atoms with Gasteiger partial charge >= 0.3 is 7.82 Å². The zero-order valence-electron chi connectivity index (χ0n) is 25.3. The highest BCUT2D eigenvalue weighted by atomic mass is 31.2. The number of rotatable bonds is 6. The van der Waals surface area contributed by atoms with Gasteiger partial charge in [0, 0.05) is 16.7 Å². The molecular weight excluding hydrogens is 491 g/mol. The summed E-state index contributed by atoms with van der Waals surface area (Å²) in [4.78, 5) is 0. The molecule has 0 bridgehead atoms. The van der Waals surface area contributed by atoms with E-state index in [0.717, 1.165) is 33.4 Å². The summed E-state index contributed by atoms with van der Waals surface area (Å²) in [5.41, 5.74) is 5.37. The monoisotopic (exact) mass is 536 g/mol. The quantitative estimate of drug-likeness (QED) is 0.294. The molecule has 0 fully saturated rings. The Kier molecular flexibility index (Phi) is 8.21. The van der Waals surface area contributed by atoms with Crippen molar-refractivity contribution in [3.05, 3.63) is 88.0 Å². The van der Waals surface area contributed by atoms with E-state index in [1.165, 1.54) is 0 Å². The Morgan fingerprint density at radius 1 is 0.474 bits per heavy atom. The molecule has 206 valence electrons. The van der Waals surface area contributed by atoms with Crippen LogP contribution in [-0.2, 0) is 20.8 Å². The minimum Gasteiger partial charge on any atom is -0.386 e. The number of phosphoric acid groups is 1. The van der Waals surface area contributed by atoms with Crippen LogP contribution in [0.25, 0.3) is 0 Å². The average molecular weight is 537 g/mol. The SMILES string of the molecule is Cc1ccc(OP(=O)(Oc2ccc(C)cc2C(C)(C)C)Oc2ccc(C)cc2C(C)(C)C)c(C(C)(C)C)c1. The molecule has 0 radical (unpaired) electrons. The third kappa shape index (κ3) is 7.23. The van der Waals surface area contributed by atoms with E-state index in [9.17, 15) is 4.57 Å². The van der Waals surface area contributed by atoms with Gasteiger partial charge in [-0.1, -0.05) is 115 Å². The van der Waals surface area contributed by atoms with E-state index in [2.05, 4.69) is 80.5 Å². The van der Waals surface area contributed by atoms with Gasteiger partial charge in [-0.3, -0.25) is 0 Å². The summed E-state index contributed by atoms with van der Waals surface area (Å²) in [6, 6.07) is 17.6. The fourth-order valence-electron chi connectivity index (χ4n) is 4.35. The van der Waals surface area contributed by atoms with Crippen molar-refractivity contribution in [1.82, 2.24) is 0 Å². The fraction of sp³-hybridized carbons (Fsp3) is 0.455. The molecular formula is C33H45O4P. The van der Waals surface area contributed by atoms with Crippen LogP contribution in [0.1, 0.15) is 95.7 Å². The number of hydrogen-bond acceptors (Lipinski definition) is 4. The summed E-state index contributed by atoms with van der Waals surface area (Å²) >= 11 is 0. The molecule has 0 spiro atoms. The first-order valence-electron chi connectivity index (χ1n) is 13.3. The summed E-state index contributed by atoms with van der Waals surface area (Å²) in [6.07, 6.45) is 0. The minimum atomic E-state index is -4.22. The number of hydrogen-bond donors (Lipinski definition) is 0. The second-order valence-electron chi connectivity index (χ2n) is 13.5. The lowest BCUT2D eigenvalue weighted by molar-refractivity contribution is 0.290. The van der Waals surface area contributed by atoms with Gasteiger partial charge in [0.1, 0.15) is 17.2 Å². The van der Waals surface area contributed by atoms with Crippen molar-refractivity contribution in [3.63, 3.8) is 0 Å². The van der Waals surface area contributed by atoms with Crippen molar-refractivity contribution < 1.29 is 18.1 Å². The second kappa shape index (κ2) is 10.5. The van der Waals surface area contributed by atoms with E-state index in [0.29, 0.717) is 17.2 Å². The van der Waals surface area contributed by atoms with Gasteiger partial charge in [0.15, 0.2) is 0 Å². The van der Waals surface area contributed by atoms with Gasteiger partial charge in [-0.05, 0) is 55.2 Å². The van der Waals surface area contributed by atoms with Gasteiger partial charge in [0.05, 0.1) is 0 Å². The first-order chi connectivity index (χ1) is 17.3. The maximum Gasteiger partial charge on any atom is 0.647 e. The molecule has 0 saturated heterocycles. The molecule has 0 unspecified atom stereocenters. The van der Waals surface area contributed by atoms with Crippen LogP contribution < -0.4 is 13.6 Å². The number of phosphoric ester groups is 1. The fourth-order valence-corrected chi connectivity index (χ4v) is 5.66. The van der Waals surface area contributed by atoms with Gasteiger partial charge in [-0.2, -0.15) is 4.57 Å². The van der Waals surface area contributed by atoms with Crippen molar-refractivity contribution in [2.45, 2.75) is 99.3 Å². The molecule has 0 aliphatic heterocycles.